The lowest BCUT2D eigenvalue weighted by molar-refractivity contribution is -0.177. The number of amides is 1. The molecule has 2 N–H and O–H groups in total. The topological polar surface area (TPSA) is 111 Å². The fourth-order valence-electron chi connectivity index (χ4n) is 5.67. The van der Waals surface area contributed by atoms with Gasteiger partial charge >= 0.3 is 11.9 Å². The summed E-state index contributed by atoms with van der Waals surface area (Å²) >= 11 is 0. The van der Waals surface area contributed by atoms with Crippen LogP contribution in [0, 0.1) is 0 Å². The fourth-order valence-corrected chi connectivity index (χ4v) is 5.67. The Bertz CT molecular complexity index is 1640. The van der Waals surface area contributed by atoms with E-state index < -0.39 is 42.3 Å². The second kappa shape index (κ2) is 18.3. The van der Waals surface area contributed by atoms with Crippen LogP contribution in [0.25, 0.3) is 21.5 Å². The molecule has 256 valence electrons. The zero-order valence-electron chi connectivity index (χ0n) is 28.4. The summed E-state index contributed by atoms with van der Waals surface area (Å²) in [6, 6.07) is 29.5. The molecular formula is C40H49NO7. The molecule has 0 aliphatic carbocycles. The first-order valence-electron chi connectivity index (χ1n) is 17.0. The van der Waals surface area contributed by atoms with Crippen molar-refractivity contribution in [2.75, 3.05) is 19.8 Å². The number of aliphatic carboxylic acids is 1. The van der Waals surface area contributed by atoms with Crippen LogP contribution in [0.5, 0.6) is 0 Å². The van der Waals surface area contributed by atoms with E-state index in [4.69, 9.17) is 14.2 Å². The van der Waals surface area contributed by atoms with E-state index in [9.17, 15) is 19.5 Å². The second-order valence-electron chi connectivity index (χ2n) is 13.2. The molecule has 1 amide bonds. The summed E-state index contributed by atoms with van der Waals surface area (Å²) in [5.41, 5.74) is 1.77. The number of carboxylic acids is 1. The fraction of sp³-hybridized carbons (Fsp3) is 0.425. The van der Waals surface area contributed by atoms with E-state index in [0.717, 1.165) is 38.5 Å². The Hall–Kier alpha value is -4.27. The van der Waals surface area contributed by atoms with E-state index >= 15 is 0 Å². The minimum absolute atomic E-state index is 0.142. The summed E-state index contributed by atoms with van der Waals surface area (Å²) in [7, 11) is 0. The molecule has 0 radical (unpaired) electrons. The lowest BCUT2D eigenvalue weighted by atomic mass is 10.0. The van der Waals surface area contributed by atoms with Crippen molar-refractivity contribution in [3.8, 4) is 0 Å². The van der Waals surface area contributed by atoms with Crippen LogP contribution in [-0.2, 0) is 41.4 Å². The summed E-state index contributed by atoms with van der Waals surface area (Å²) in [6.45, 7) is 5.09. The van der Waals surface area contributed by atoms with Gasteiger partial charge in [-0.15, -0.1) is 0 Å². The van der Waals surface area contributed by atoms with Crippen LogP contribution in [0.1, 0.15) is 70.4 Å². The van der Waals surface area contributed by atoms with Crippen LogP contribution >= 0.6 is 0 Å². The highest BCUT2D eigenvalue weighted by Gasteiger charge is 2.36. The number of hydrogen-bond donors (Lipinski definition) is 2. The summed E-state index contributed by atoms with van der Waals surface area (Å²) < 4.78 is 16.6. The van der Waals surface area contributed by atoms with Crippen molar-refractivity contribution in [1.82, 2.24) is 5.32 Å². The maximum atomic E-state index is 13.2. The quantitative estimate of drug-likeness (QED) is 0.0798. The molecule has 0 aliphatic rings. The summed E-state index contributed by atoms with van der Waals surface area (Å²) in [6.07, 6.45) is 3.67. The van der Waals surface area contributed by atoms with Crippen molar-refractivity contribution in [1.29, 1.82) is 0 Å². The summed E-state index contributed by atoms with van der Waals surface area (Å²) in [4.78, 5) is 37.8. The number of unbranched alkanes of at least 4 members (excludes halogenated alkanes) is 4. The van der Waals surface area contributed by atoms with Crippen LogP contribution in [-0.4, -0.2) is 60.5 Å². The molecule has 0 bridgehead atoms. The van der Waals surface area contributed by atoms with Crippen molar-refractivity contribution < 1.29 is 33.7 Å². The minimum Gasteiger partial charge on any atom is -0.479 e. The van der Waals surface area contributed by atoms with Gasteiger partial charge in [-0.3, -0.25) is 4.79 Å². The molecule has 2 atom stereocenters. The van der Waals surface area contributed by atoms with Gasteiger partial charge in [0.25, 0.3) is 5.91 Å². The zero-order valence-corrected chi connectivity index (χ0v) is 28.4. The standard InChI is InChI=1S/C40H49NO7/c1-40(2,3)48-35(42)28-47-36(38(43)41-24-12-4-6-14-29-20-22-31-16-8-10-18-33(31)26-29)37(39(44)45)46-25-13-5-7-15-30-21-23-32-17-9-11-19-34(32)27-30/h8-11,16-23,26-27,36-37H,4-7,12-15,24-25,28H2,1-3H3,(H,41,43)(H,44,45)/t36-,37-/m1/s1. The molecule has 0 spiro atoms. The van der Waals surface area contributed by atoms with Crippen molar-refractivity contribution in [2.24, 2.45) is 0 Å². The number of nitrogens with one attached hydrogen (secondary N) is 1. The van der Waals surface area contributed by atoms with E-state index in [1.54, 1.807) is 20.8 Å². The van der Waals surface area contributed by atoms with Crippen molar-refractivity contribution in [3.63, 3.8) is 0 Å². The van der Waals surface area contributed by atoms with Crippen LogP contribution in [0.4, 0.5) is 0 Å². The van der Waals surface area contributed by atoms with Gasteiger partial charge in [-0.1, -0.05) is 97.8 Å². The second-order valence-corrected chi connectivity index (χ2v) is 13.2. The smallest absolute Gasteiger partial charge is 0.336 e. The highest BCUT2D eigenvalue weighted by Crippen LogP contribution is 2.19. The van der Waals surface area contributed by atoms with Gasteiger partial charge in [-0.2, -0.15) is 0 Å². The molecule has 0 aromatic heterocycles. The molecule has 48 heavy (non-hydrogen) atoms. The maximum Gasteiger partial charge on any atom is 0.336 e. The van der Waals surface area contributed by atoms with Gasteiger partial charge in [0.2, 0.25) is 0 Å². The molecule has 0 heterocycles. The van der Waals surface area contributed by atoms with Crippen LogP contribution in [0.3, 0.4) is 0 Å². The van der Waals surface area contributed by atoms with Gasteiger partial charge in [0.05, 0.1) is 0 Å². The van der Waals surface area contributed by atoms with Crippen LogP contribution in [0.15, 0.2) is 84.9 Å². The molecule has 0 aliphatic heterocycles. The Morgan fingerprint density at radius 3 is 1.75 bits per heavy atom. The summed E-state index contributed by atoms with van der Waals surface area (Å²) in [5, 5.41) is 17.6. The largest absolute Gasteiger partial charge is 0.479 e. The van der Waals surface area contributed by atoms with Crippen LogP contribution < -0.4 is 5.32 Å². The molecule has 0 saturated carbocycles. The molecular weight excluding hydrogens is 606 g/mol. The van der Waals surface area contributed by atoms with E-state index in [1.807, 2.05) is 24.3 Å². The Morgan fingerprint density at radius 2 is 1.21 bits per heavy atom. The Balaban J connectivity index is 1.23. The predicted octanol–water partition coefficient (Wildman–Crippen LogP) is 7.43. The lowest BCUT2D eigenvalue weighted by Gasteiger charge is -2.25. The Labute approximate surface area is 283 Å². The van der Waals surface area contributed by atoms with Crippen LogP contribution in [0.2, 0.25) is 0 Å². The third kappa shape index (κ3) is 12.1. The first-order valence-corrected chi connectivity index (χ1v) is 17.0. The molecule has 0 saturated heterocycles. The highest BCUT2D eigenvalue weighted by molar-refractivity contribution is 5.88. The normalized spacial score (nSPS) is 12.9. The first-order chi connectivity index (χ1) is 23.1. The van der Waals surface area contributed by atoms with Gasteiger partial charge in [-0.25, -0.2) is 9.59 Å². The lowest BCUT2D eigenvalue weighted by Crippen LogP contribution is -2.49. The molecule has 4 aromatic rings. The molecule has 4 aromatic carbocycles. The number of esters is 1. The number of benzene rings is 4. The number of carbonyl (C=O) groups excluding carboxylic acids is 2. The highest BCUT2D eigenvalue weighted by atomic mass is 16.6. The summed E-state index contributed by atoms with van der Waals surface area (Å²) in [5.74, 6) is -2.64. The third-order valence-corrected chi connectivity index (χ3v) is 8.05. The van der Waals surface area contributed by atoms with Gasteiger partial charge in [0, 0.05) is 13.2 Å². The average molecular weight is 656 g/mol. The SMILES string of the molecule is CC(C)(C)OC(=O)CO[C@@H](C(=O)NCCCCCc1ccc2ccccc2c1)[C@@H](OCCCCCc1ccc2ccccc2c1)C(=O)O. The average Bonchev–Trinajstić information content (AvgIpc) is 3.05. The number of fused-ring (bicyclic) bond motifs is 2. The van der Waals surface area contributed by atoms with Crippen molar-refractivity contribution >= 4 is 39.4 Å². The molecule has 4 rings (SSSR count). The van der Waals surface area contributed by atoms with E-state index in [0.29, 0.717) is 19.4 Å². The minimum atomic E-state index is -1.57. The predicted molar refractivity (Wildman–Crippen MR) is 189 cm³/mol. The molecule has 0 unspecified atom stereocenters. The van der Waals surface area contributed by atoms with Gasteiger partial charge in [0.1, 0.15) is 12.2 Å². The van der Waals surface area contributed by atoms with Gasteiger partial charge in [-0.05, 0) is 92.0 Å². The van der Waals surface area contributed by atoms with Crippen molar-refractivity contribution in [2.45, 2.75) is 89.9 Å². The molecule has 8 nitrogen and oxygen atoms in total. The first kappa shape index (κ1) is 36.6. The number of aryl methyl sites for hydroxylation is 2. The van der Waals surface area contributed by atoms with E-state index in [-0.39, 0.29) is 6.61 Å². The monoisotopic (exact) mass is 655 g/mol. The van der Waals surface area contributed by atoms with Gasteiger partial charge in [0.15, 0.2) is 12.2 Å². The number of carboxylic acid groups (broad SMARTS) is 1. The zero-order chi connectivity index (χ0) is 34.4. The number of hydrogen-bond acceptors (Lipinski definition) is 6. The van der Waals surface area contributed by atoms with E-state index in [2.05, 4.69) is 66.0 Å². The number of carbonyl (C=O) groups is 3. The number of ether oxygens (including phenoxy) is 3. The maximum absolute atomic E-state index is 13.2. The Kier molecular flexibility index (Phi) is 14.0. The molecule has 8 heteroatoms. The Morgan fingerprint density at radius 1 is 0.667 bits per heavy atom. The van der Waals surface area contributed by atoms with Gasteiger partial charge < -0.3 is 24.6 Å². The van der Waals surface area contributed by atoms with E-state index in [1.165, 1.54) is 32.7 Å². The third-order valence-electron chi connectivity index (χ3n) is 8.05. The number of rotatable bonds is 19. The van der Waals surface area contributed by atoms with Crippen molar-refractivity contribution in [3.05, 3.63) is 96.1 Å². The molecule has 0 fully saturated rings.